The number of carbonyl (C=O) groups excluding carboxylic acids is 1. The third kappa shape index (κ3) is 2.68. The second-order valence-electron chi connectivity index (χ2n) is 5.70. The molecule has 2 rings (SSSR count). The summed E-state index contributed by atoms with van der Waals surface area (Å²) >= 11 is 0. The molecule has 1 aromatic rings. The number of nitrogens with two attached hydrogens (primary N) is 2. The van der Waals surface area contributed by atoms with E-state index >= 15 is 0 Å². The third-order valence-corrected chi connectivity index (χ3v) is 4.74. The first-order valence-corrected chi connectivity index (χ1v) is 8.05. The molecule has 1 amide bonds. The molecule has 0 radical (unpaired) electrons. The number of carbonyl (C=O) groups is 1. The van der Waals surface area contributed by atoms with Crippen LogP contribution in [0.4, 0.5) is 11.4 Å². The van der Waals surface area contributed by atoms with Gasteiger partial charge < -0.3 is 15.5 Å². The first-order valence-electron chi connectivity index (χ1n) is 6.50. The normalized spacial score (nSPS) is 19.0. The number of rotatable bonds is 2. The molecule has 21 heavy (non-hydrogen) atoms. The Morgan fingerprint density at radius 3 is 2.43 bits per heavy atom. The number of nitrogen functional groups attached to an aromatic ring is 1. The molecule has 0 saturated carbocycles. The molecule has 1 aromatic carbocycles. The number of hydrogen-bond donors (Lipinski definition) is 2. The Hall–Kier alpha value is -1.80. The van der Waals surface area contributed by atoms with Crippen molar-refractivity contribution >= 4 is 27.3 Å². The van der Waals surface area contributed by atoms with E-state index in [2.05, 4.69) is 0 Å². The van der Waals surface area contributed by atoms with E-state index in [1.165, 1.54) is 18.2 Å². The maximum Gasteiger partial charge on any atom is 0.247 e. The van der Waals surface area contributed by atoms with E-state index < -0.39 is 15.6 Å². The number of primary sulfonamides is 1. The highest BCUT2D eigenvalue weighted by molar-refractivity contribution is 7.89. The predicted octanol–water partition coefficient (Wildman–Crippen LogP) is -0.0268. The van der Waals surface area contributed by atoms with E-state index in [1.807, 2.05) is 4.90 Å². The van der Waals surface area contributed by atoms with E-state index in [0.717, 1.165) is 0 Å². The quantitative estimate of drug-likeness (QED) is 0.745. The summed E-state index contributed by atoms with van der Waals surface area (Å²) in [6.07, 6.45) is 0. The Balaban J connectivity index is 2.53. The largest absolute Gasteiger partial charge is 0.397 e. The molecule has 4 N–H and O–H groups in total. The first kappa shape index (κ1) is 15.6. The van der Waals surface area contributed by atoms with Crippen molar-refractivity contribution in [3.05, 3.63) is 18.2 Å². The molecule has 1 heterocycles. The molecule has 1 aliphatic rings. The summed E-state index contributed by atoms with van der Waals surface area (Å²) in [5.74, 6) is -0.0471. The van der Waals surface area contributed by atoms with Crippen LogP contribution in [-0.4, -0.2) is 44.9 Å². The maximum absolute atomic E-state index is 12.3. The van der Waals surface area contributed by atoms with Gasteiger partial charge in [0.1, 0.15) is 5.54 Å². The van der Waals surface area contributed by atoms with E-state index in [0.29, 0.717) is 24.5 Å². The fourth-order valence-corrected chi connectivity index (χ4v) is 3.10. The van der Waals surface area contributed by atoms with Crippen LogP contribution in [0.15, 0.2) is 23.1 Å². The van der Waals surface area contributed by atoms with E-state index in [-0.39, 0.29) is 10.8 Å². The molecule has 1 fully saturated rings. The first-order chi connectivity index (χ1) is 9.55. The molecule has 0 unspecified atom stereocenters. The number of nitrogens with zero attached hydrogens (tertiary/aromatic N) is 2. The average Bonchev–Trinajstić information content (AvgIpc) is 2.36. The van der Waals surface area contributed by atoms with Gasteiger partial charge in [0.2, 0.25) is 15.9 Å². The lowest BCUT2D eigenvalue weighted by atomic mass is 9.96. The molecule has 1 aliphatic heterocycles. The molecule has 8 heteroatoms. The van der Waals surface area contributed by atoms with Crippen LogP contribution in [0.1, 0.15) is 13.8 Å². The van der Waals surface area contributed by atoms with Gasteiger partial charge in [-0.3, -0.25) is 4.79 Å². The SMILES string of the molecule is CN1CCN(c2cc(S(N)(=O)=O)ccc2N)C(C)(C)C1=O. The Kier molecular flexibility index (Phi) is 3.63. The fourth-order valence-electron chi connectivity index (χ4n) is 2.57. The number of sulfonamides is 1. The molecular formula is C13H20N4O3S. The monoisotopic (exact) mass is 312 g/mol. The van der Waals surface area contributed by atoms with Gasteiger partial charge in [0.15, 0.2) is 0 Å². The van der Waals surface area contributed by atoms with Crippen molar-refractivity contribution in [1.29, 1.82) is 0 Å². The Labute approximate surface area is 124 Å². The lowest BCUT2D eigenvalue weighted by Gasteiger charge is -2.46. The highest BCUT2D eigenvalue weighted by atomic mass is 32.2. The molecule has 7 nitrogen and oxygen atoms in total. The van der Waals surface area contributed by atoms with Crippen LogP contribution < -0.4 is 15.8 Å². The van der Waals surface area contributed by atoms with Crippen molar-refractivity contribution in [3.63, 3.8) is 0 Å². The van der Waals surface area contributed by atoms with Gasteiger partial charge in [-0.1, -0.05) is 0 Å². The minimum atomic E-state index is -3.82. The summed E-state index contributed by atoms with van der Waals surface area (Å²) < 4.78 is 23.0. The van der Waals surface area contributed by atoms with Gasteiger partial charge in [-0.15, -0.1) is 0 Å². The van der Waals surface area contributed by atoms with Crippen LogP contribution in [0.5, 0.6) is 0 Å². The average molecular weight is 312 g/mol. The lowest BCUT2D eigenvalue weighted by Crippen LogP contribution is -2.62. The Morgan fingerprint density at radius 1 is 1.24 bits per heavy atom. The van der Waals surface area contributed by atoms with Crippen molar-refractivity contribution < 1.29 is 13.2 Å². The maximum atomic E-state index is 12.3. The van der Waals surface area contributed by atoms with Crippen molar-refractivity contribution in [1.82, 2.24) is 4.90 Å². The third-order valence-electron chi connectivity index (χ3n) is 3.83. The summed E-state index contributed by atoms with van der Waals surface area (Å²) in [7, 11) is -2.08. The summed E-state index contributed by atoms with van der Waals surface area (Å²) in [6.45, 7) is 4.68. The molecule has 116 valence electrons. The molecule has 0 bridgehead atoms. The fraction of sp³-hybridized carbons (Fsp3) is 0.462. The number of anilines is 2. The number of piperazine rings is 1. The second-order valence-corrected chi connectivity index (χ2v) is 7.26. The minimum absolute atomic E-state index is 0.0196. The minimum Gasteiger partial charge on any atom is -0.397 e. The summed E-state index contributed by atoms with van der Waals surface area (Å²) in [4.78, 5) is 15.8. The van der Waals surface area contributed by atoms with Gasteiger partial charge in [-0.05, 0) is 32.0 Å². The summed E-state index contributed by atoms with van der Waals surface area (Å²) in [5, 5.41) is 5.16. The molecular weight excluding hydrogens is 292 g/mol. The van der Waals surface area contributed by atoms with Gasteiger partial charge in [-0.2, -0.15) is 0 Å². The zero-order valence-electron chi connectivity index (χ0n) is 12.3. The summed E-state index contributed by atoms with van der Waals surface area (Å²) in [6, 6.07) is 4.28. The second kappa shape index (κ2) is 4.88. The van der Waals surface area contributed by atoms with Gasteiger partial charge in [0.25, 0.3) is 0 Å². The number of benzene rings is 1. The topological polar surface area (TPSA) is 110 Å². The van der Waals surface area contributed by atoms with Crippen LogP contribution >= 0.6 is 0 Å². The van der Waals surface area contributed by atoms with Gasteiger partial charge in [0.05, 0.1) is 16.3 Å². The van der Waals surface area contributed by atoms with Crippen molar-refractivity contribution in [2.45, 2.75) is 24.3 Å². The Morgan fingerprint density at radius 2 is 1.86 bits per heavy atom. The van der Waals surface area contributed by atoms with E-state index in [1.54, 1.807) is 25.8 Å². The zero-order valence-corrected chi connectivity index (χ0v) is 13.1. The number of likely N-dealkylation sites (N-methyl/N-ethyl adjacent to an activating group) is 1. The van der Waals surface area contributed by atoms with Gasteiger partial charge in [-0.25, -0.2) is 13.6 Å². The highest BCUT2D eigenvalue weighted by Crippen LogP contribution is 2.34. The van der Waals surface area contributed by atoms with Crippen LogP contribution in [0.2, 0.25) is 0 Å². The van der Waals surface area contributed by atoms with Crippen LogP contribution in [-0.2, 0) is 14.8 Å². The van der Waals surface area contributed by atoms with Crippen LogP contribution in [0.3, 0.4) is 0 Å². The smallest absolute Gasteiger partial charge is 0.247 e. The Bertz CT molecular complexity index is 685. The lowest BCUT2D eigenvalue weighted by molar-refractivity contribution is -0.136. The van der Waals surface area contributed by atoms with Crippen LogP contribution in [0.25, 0.3) is 0 Å². The predicted molar refractivity (Wildman–Crippen MR) is 81.3 cm³/mol. The van der Waals surface area contributed by atoms with Crippen LogP contribution in [0, 0.1) is 0 Å². The van der Waals surface area contributed by atoms with E-state index in [9.17, 15) is 13.2 Å². The van der Waals surface area contributed by atoms with Crippen molar-refractivity contribution in [2.75, 3.05) is 30.8 Å². The molecule has 0 aromatic heterocycles. The summed E-state index contributed by atoms with van der Waals surface area (Å²) in [5.41, 5.74) is 6.07. The molecule has 0 spiro atoms. The van der Waals surface area contributed by atoms with Crippen molar-refractivity contribution in [2.24, 2.45) is 5.14 Å². The van der Waals surface area contributed by atoms with Gasteiger partial charge in [0, 0.05) is 20.1 Å². The number of hydrogen-bond acceptors (Lipinski definition) is 5. The van der Waals surface area contributed by atoms with Crippen molar-refractivity contribution in [3.8, 4) is 0 Å². The van der Waals surface area contributed by atoms with Gasteiger partial charge >= 0.3 is 0 Å². The number of amides is 1. The molecule has 0 atom stereocenters. The standard InChI is InChI=1S/C13H20N4O3S/c1-13(2)12(18)16(3)6-7-17(13)11-8-9(21(15,19)20)4-5-10(11)14/h4-5,8H,6-7,14H2,1-3H3,(H2,15,19,20). The molecule has 0 aliphatic carbocycles. The molecule has 1 saturated heterocycles. The zero-order chi connectivity index (χ0) is 16.0. The highest BCUT2D eigenvalue weighted by Gasteiger charge is 2.41. The van der Waals surface area contributed by atoms with E-state index in [4.69, 9.17) is 10.9 Å².